The fourth-order valence-electron chi connectivity index (χ4n) is 2.25. The van der Waals surface area contributed by atoms with E-state index in [0.717, 1.165) is 43.4 Å². The maximum atomic E-state index is 5.70. The van der Waals surface area contributed by atoms with Crippen LogP contribution in [0.1, 0.15) is 37.2 Å². The minimum absolute atomic E-state index is 0.468. The third-order valence-electron chi connectivity index (χ3n) is 3.22. The van der Waals surface area contributed by atoms with Crippen LogP contribution in [0.25, 0.3) is 0 Å². The molecule has 1 unspecified atom stereocenters. The van der Waals surface area contributed by atoms with Gasteiger partial charge >= 0.3 is 0 Å². The first-order valence-electron chi connectivity index (χ1n) is 6.77. The Morgan fingerprint density at radius 1 is 1.33 bits per heavy atom. The molecule has 1 aromatic rings. The zero-order valence-electron chi connectivity index (χ0n) is 11.1. The van der Waals surface area contributed by atoms with Crippen LogP contribution in [0.5, 0.6) is 0 Å². The van der Waals surface area contributed by atoms with Crippen molar-refractivity contribution in [2.75, 3.05) is 19.4 Å². The van der Waals surface area contributed by atoms with Gasteiger partial charge in [0.1, 0.15) is 11.5 Å². The van der Waals surface area contributed by atoms with Crippen molar-refractivity contribution in [3.05, 3.63) is 23.7 Å². The van der Waals surface area contributed by atoms with E-state index < -0.39 is 0 Å². The number of hydrogen-bond donors (Lipinski definition) is 1. The summed E-state index contributed by atoms with van der Waals surface area (Å²) in [5, 5.41) is 3.42. The summed E-state index contributed by atoms with van der Waals surface area (Å²) in [7, 11) is 0. The van der Waals surface area contributed by atoms with E-state index in [4.69, 9.17) is 9.15 Å². The van der Waals surface area contributed by atoms with E-state index in [0.29, 0.717) is 6.10 Å². The Kier molecular flexibility index (Phi) is 6.11. The van der Waals surface area contributed by atoms with Crippen LogP contribution in [0.2, 0.25) is 0 Å². The van der Waals surface area contributed by atoms with Crippen molar-refractivity contribution >= 4 is 11.8 Å². The molecule has 0 radical (unpaired) electrons. The fourth-order valence-corrected chi connectivity index (χ4v) is 2.69. The van der Waals surface area contributed by atoms with Gasteiger partial charge in [0.15, 0.2) is 0 Å². The lowest BCUT2D eigenvalue weighted by Gasteiger charge is -2.22. The topological polar surface area (TPSA) is 34.4 Å². The molecule has 0 bridgehead atoms. The molecule has 0 aromatic carbocycles. The number of rotatable bonds is 7. The Morgan fingerprint density at radius 3 is 3.00 bits per heavy atom. The summed E-state index contributed by atoms with van der Waals surface area (Å²) in [5.41, 5.74) is 0. The van der Waals surface area contributed by atoms with Gasteiger partial charge in [-0.1, -0.05) is 0 Å². The van der Waals surface area contributed by atoms with E-state index in [9.17, 15) is 0 Å². The van der Waals surface area contributed by atoms with E-state index in [1.807, 2.05) is 0 Å². The highest BCUT2D eigenvalue weighted by Gasteiger charge is 2.12. The third-order valence-corrected chi connectivity index (χ3v) is 3.79. The highest BCUT2D eigenvalue weighted by atomic mass is 32.2. The highest BCUT2D eigenvalue weighted by molar-refractivity contribution is 7.97. The molecule has 18 heavy (non-hydrogen) atoms. The molecule has 3 nitrogen and oxygen atoms in total. The zero-order valence-corrected chi connectivity index (χ0v) is 11.9. The molecule has 1 aliphatic rings. The van der Waals surface area contributed by atoms with Crippen LogP contribution >= 0.6 is 11.8 Å². The van der Waals surface area contributed by atoms with Crippen molar-refractivity contribution < 1.29 is 9.15 Å². The summed E-state index contributed by atoms with van der Waals surface area (Å²) in [6, 6.07) is 4.13. The van der Waals surface area contributed by atoms with Crippen LogP contribution in [0.3, 0.4) is 0 Å². The van der Waals surface area contributed by atoms with Crippen LogP contribution in [-0.4, -0.2) is 25.5 Å². The van der Waals surface area contributed by atoms with E-state index in [-0.39, 0.29) is 0 Å². The lowest BCUT2D eigenvalue weighted by molar-refractivity contribution is 0.0115. The van der Waals surface area contributed by atoms with Crippen LogP contribution in [0, 0.1) is 0 Å². The third kappa shape index (κ3) is 4.67. The average Bonchev–Trinajstić information content (AvgIpc) is 2.84. The van der Waals surface area contributed by atoms with Gasteiger partial charge in [0.2, 0.25) is 0 Å². The molecule has 0 aliphatic carbocycles. The van der Waals surface area contributed by atoms with Gasteiger partial charge in [-0.25, -0.2) is 0 Å². The first-order valence-corrected chi connectivity index (χ1v) is 8.16. The molecule has 2 rings (SSSR count). The van der Waals surface area contributed by atoms with Gasteiger partial charge in [-0.05, 0) is 50.6 Å². The van der Waals surface area contributed by atoms with Crippen LogP contribution < -0.4 is 5.32 Å². The number of ether oxygens (including phenoxy) is 1. The predicted molar refractivity (Wildman–Crippen MR) is 75.8 cm³/mol. The molecule has 1 aliphatic heterocycles. The molecule has 0 amide bonds. The highest BCUT2D eigenvalue weighted by Crippen LogP contribution is 2.15. The molecule has 0 saturated carbocycles. The summed E-state index contributed by atoms with van der Waals surface area (Å²) >= 11 is 1.78. The lowest BCUT2D eigenvalue weighted by Crippen LogP contribution is -2.25. The van der Waals surface area contributed by atoms with Gasteiger partial charge in [0.25, 0.3) is 0 Å². The molecule has 2 heterocycles. The standard InChI is InChI=1S/C14H23NO2S/c1-18-11-14-6-5-13(17-14)10-15-8-7-12-4-2-3-9-16-12/h5-6,12,15H,2-4,7-11H2,1H3. The lowest BCUT2D eigenvalue weighted by atomic mass is 10.1. The SMILES string of the molecule is CSCc1ccc(CNCCC2CCCCO2)o1. The van der Waals surface area contributed by atoms with Gasteiger partial charge in [0, 0.05) is 6.61 Å². The van der Waals surface area contributed by atoms with Gasteiger partial charge in [0.05, 0.1) is 18.4 Å². The molecule has 1 saturated heterocycles. The van der Waals surface area contributed by atoms with Gasteiger partial charge in [-0.15, -0.1) is 0 Å². The molecule has 1 fully saturated rings. The second-order valence-corrected chi connectivity index (χ2v) is 5.62. The molecular formula is C14H23NO2S. The molecule has 0 spiro atoms. The van der Waals surface area contributed by atoms with Crippen LogP contribution in [-0.2, 0) is 17.0 Å². The first-order chi connectivity index (χ1) is 8.88. The van der Waals surface area contributed by atoms with Crippen molar-refractivity contribution in [1.29, 1.82) is 0 Å². The van der Waals surface area contributed by atoms with E-state index in [1.165, 1.54) is 19.3 Å². The van der Waals surface area contributed by atoms with Crippen molar-refractivity contribution in [2.45, 2.75) is 44.1 Å². The van der Waals surface area contributed by atoms with Crippen molar-refractivity contribution in [2.24, 2.45) is 0 Å². The number of furan rings is 1. The molecule has 1 atom stereocenters. The molecule has 1 N–H and O–H groups in total. The van der Waals surface area contributed by atoms with Crippen LogP contribution in [0.4, 0.5) is 0 Å². The average molecular weight is 269 g/mol. The normalized spacial score (nSPS) is 20.2. The minimum Gasteiger partial charge on any atom is -0.464 e. The van der Waals surface area contributed by atoms with E-state index in [2.05, 4.69) is 23.7 Å². The first kappa shape index (κ1) is 14.0. The van der Waals surface area contributed by atoms with E-state index >= 15 is 0 Å². The second-order valence-electron chi connectivity index (χ2n) is 4.76. The molecule has 1 aromatic heterocycles. The summed E-state index contributed by atoms with van der Waals surface area (Å²) in [6.45, 7) is 2.77. The van der Waals surface area contributed by atoms with Crippen molar-refractivity contribution in [3.8, 4) is 0 Å². The minimum atomic E-state index is 0.468. The Labute approximate surface area is 114 Å². The number of thioether (sulfide) groups is 1. The summed E-state index contributed by atoms with van der Waals surface area (Å²) in [5.74, 6) is 3.05. The number of nitrogens with one attached hydrogen (secondary N) is 1. The summed E-state index contributed by atoms with van der Waals surface area (Å²) in [6.07, 6.45) is 7.44. The summed E-state index contributed by atoms with van der Waals surface area (Å²) < 4.78 is 11.4. The predicted octanol–water partition coefficient (Wildman–Crippen LogP) is 3.19. The summed E-state index contributed by atoms with van der Waals surface area (Å²) in [4.78, 5) is 0. The monoisotopic (exact) mass is 269 g/mol. The quantitative estimate of drug-likeness (QED) is 0.771. The van der Waals surface area contributed by atoms with Gasteiger partial charge in [-0.2, -0.15) is 11.8 Å². The van der Waals surface area contributed by atoms with Crippen LogP contribution in [0.15, 0.2) is 16.5 Å². The smallest absolute Gasteiger partial charge is 0.117 e. The fraction of sp³-hybridized carbons (Fsp3) is 0.714. The molecule has 4 heteroatoms. The Hall–Kier alpha value is -0.450. The Morgan fingerprint density at radius 2 is 2.22 bits per heavy atom. The number of hydrogen-bond acceptors (Lipinski definition) is 4. The molecular weight excluding hydrogens is 246 g/mol. The molecule has 102 valence electrons. The maximum Gasteiger partial charge on any atom is 0.117 e. The van der Waals surface area contributed by atoms with Gasteiger partial charge in [-0.3, -0.25) is 0 Å². The Balaban J connectivity index is 1.59. The zero-order chi connectivity index (χ0) is 12.6. The second kappa shape index (κ2) is 7.87. The van der Waals surface area contributed by atoms with Crippen molar-refractivity contribution in [1.82, 2.24) is 5.32 Å². The van der Waals surface area contributed by atoms with Gasteiger partial charge < -0.3 is 14.5 Å². The Bertz CT molecular complexity index is 334. The van der Waals surface area contributed by atoms with Crippen molar-refractivity contribution in [3.63, 3.8) is 0 Å². The van der Waals surface area contributed by atoms with E-state index in [1.54, 1.807) is 11.8 Å². The largest absolute Gasteiger partial charge is 0.464 e. The maximum absolute atomic E-state index is 5.70.